The maximum atomic E-state index is 13.2. The van der Waals surface area contributed by atoms with Crippen molar-refractivity contribution in [1.29, 1.82) is 0 Å². The lowest BCUT2D eigenvalue weighted by Crippen LogP contribution is -2.41. The molecule has 0 spiro atoms. The van der Waals surface area contributed by atoms with Gasteiger partial charge in [0.2, 0.25) is 0 Å². The maximum absolute atomic E-state index is 13.2. The van der Waals surface area contributed by atoms with Crippen LogP contribution in [0.3, 0.4) is 0 Å². The van der Waals surface area contributed by atoms with Crippen LogP contribution in [-0.2, 0) is 31.1 Å². The van der Waals surface area contributed by atoms with Gasteiger partial charge in [-0.2, -0.15) is 8.42 Å². The standard InChI is InChI=1S/C14H16FNO6S/c1-21-13(17)12-7-11(23(15,19)20)8-16(12)14(18)22-9-10-5-3-2-4-6-10/h2-6,11-12H,7-9H2,1H3. The second kappa shape index (κ2) is 6.95. The average Bonchev–Trinajstić information content (AvgIpc) is 2.98. The van der Waals surface area contributed by atoms with E-state index in [-0.39, 0.29) is 13.0 Å². The first-order valence-corrected chi connectivity index (χ1v) is 8.26. The number of hydrogen-bond donors (Lipinski definition) is 0. The Bertz CT molecular complexity index is 678. The van der Waals surface area contributed by atoms with Crippen molar-refractivity contribution >= 4 is 22.3 Å². The molecule has 9 heteroatoms. The molecule has 0 bridgehead atoms. The van der Waals surface area contributed by atoms with Gasteiger partial charge in [-0.3, -0.25) is 4.90 Å². The fraction of sp³-hybridized carbons (Fsp3) is 0.429. The molecule has 126 valence electrons. The molecule has 1 amide bonds. The van der Waals surface area contributed by atoms with Gasteiger partial charge in [0.05, 0.1) is 7.11 Å². The van der Waals surface area contributed by atoms with E-state index in [9.17, 15) is 21.9 Å². The summed E-state index contributed by atoms with van der Waals surface area (Å²) in [6.07, 6.45) is -1.25. The van der Waals surface area contributed by atoms with E-state index in [2.05, 4.69) is 4.74 Å². The van der Waals surface area contributed by atoms with Gasteiger partial charge < -0.3 is 9.47 Å². The highest BCUT2D eigenvalue weighted by Gasteiger charge is 2.46. The molecule has 1 saturated heterocycles. The number of esters is 1. The predicted molar refractivity (Wildman–Crippen MR) is 77.6 cm³/mol. The van der Waals surface area contributed by atoms with E-state index in [0.717, 1.165) is 17.6 Å². The van der Waals surface area contributed by atoms with Gasteiger partial charge in [-0.15, -0.1) is 3.89 Å². The number of methoxy groups -OCH3 is 1. The molecule has 1 aliphatic rings. The van der Waals surface area contributed by atoms with E-state index in [1.165, 1.54) is 0 Å². The van der Waals surface area contributed by atoms with Gasteiger partial charge in [0.25, 0.3) is 0 Å². The van der Waals surface area contributed by atoms with E-state index in [4.69, 9.17) is 4.74 Å². The molecule has 2 rings (SSSR count). The fourth-order valence-corrected chi connectivity index (χ4v) is 3.12. The second-order valence-electron chi connectivity index (χ2n) is 5.06. The van der Waals surface area contributed by atoms with Crippen LogP contribution in [0.1, 0.15) is 12.0 Å². The predicted octanol–water partition coefficient (Wildman–Crippen LogP) is 1.24. The monoisotopic (exact) mass is 345 g/mol. The van der Waals surface area contributed by atoms with Gasteiger partial charge >= 0.3 is 22.3 Å². The van der Waals surface area contributed by atoms with Crippen LogP contribution in [0.2, 0.25) is 0 Å². The molecule has 1 fully saturated rings. The van der Waals surface area contributed by atoms with Crippen LogP contribution >= 0.6 is 0 Å². The van der Waals surface area contributed by atoms with Crippen molar-refractivity contribution in [2.24, 2.45) is 0 Å². The van der Waals surface area contributed by atoms with Crippen LogP contribution in [-0.4, -0.2) is 50.3 Å². The van der Waals surface area contributed by atoms with Crippen molar-refractivity contribution in [2.75, 3.05) is 13.7 Å². The highest BCUT2D eigenvalue weighted by molar-refractivity contribution is 7.87. The summed E-state index contributed by atoms with van der Waals surface area (Å²) in [6, 6.07) is 7.63. The van der Waals surface area contributed by atoms with Gasteiger partial charge in [-0.25, -0.2) is 9.59 Å². The molecule has 0 aromatic heterocycles. The van der Waals surface area contributed by atoms with E-state index in [1.807, 2.05) is 0 Å². The van der Waals surface area contributed by atoms with Crippen LogP contribution in [0.4, 0.5) is 8.68 Å². The highest BCUT2D eigenvalue weighted by Crippen LogP contribution is 2.26. The lowest BCUT2D eigenvalue weighted by Gasteiger charge is -2.21. The lowest BCUT2D eigenvalue weighted by molar-refractivity contribution is -0.145. The molecule has 2 atom stereocenters. The summed E-state index contributed by atoms with van der Waals surface area (Å²) in [4.78, 5) is 24.7. The number of benzene rings is 1. The average molecular weight is 345 g/mol. The van der Waals surface area contributed by atoms with Gasteiger partial charge in [-0.1, -0.05) is 30.3 Å². The van der Waals surface area contributed by atoms with Gasteiger partial charge in [0, 0.05) is 6.54 Å². The molecule has 7 nitrogen and oxygen atoms in total. The molecule has 23 heavy (non-hydrogen) atoms. The molecule has 0 aliphatic carbocycles. The molecular formula is C14H16FNO6S. The minimum Gasteiger partial charge on any atom is -0.467 e. The minimum absolute atomic E-state index is 0.0445. The zero-order valence-electron chi connectivity index (χ0n) is 12.3. The molecule has 1 aliphatic heterocycles. The summed E-state index contributed by atoms with van der Waals surface area (Å²) in [5.74, 6) is -0.812. The topological polar surface area (TPSA) is 90.0 Å². The first kappa shape index (κ1) is 17.2. The number of amides is 1. The first-order chi connectivity index (χ1) is 10.8. The smallest absolute Gasteiger partial charge is 0.410 e. The first-order valence-electron chi connectivity index (χ1n) is 6.81. The number of likely N-dealkylation sites (tertiary alicyclic amines) is 1. The van der Waals surface area contributed by atoms with Crippen molar-refractivity contribution in [1.82, 2.24) is 4.90 Å². The highest BCUT2D eigenvalue weighted by atomic mass is 32.3. The van der Waals surface area contributed by atoms with Crippen LogP contribution < -0.4 is 0 Å². The Morgan fingerprint density at radius 3 is 2.52 bits per heavy atom. The Morgan fingerprint density at radius 1 is 1.30 bits per heavy atom. The van der Waals surface area contributed by atoms with E-state index < -0.39 is 40.1 Å². The number of rotatable bonds is 4. The van der Waals surface area contributed by atoms with Crippen molar-refractivity contribution in [3.8, 4) is 0 Å². The van der Waals surface area contributed by atoms with Crippen molar-refractivity contribution in [2.45, 2.75) is 24.3 Å². The minimum atomic E-state index is -4.87. The molecular weight excluding hydrogens is 329 g/mol. The van der Waals surface area contributed by atoms with Crippen LogP contribution in [0.5, 0.6) is 0 Å². The largest absolute Gasteiger partial charge is 0.467 e. The van der Waals surface area contributed by atoms with Crippen LogP contribution in [0, 0.1) is 0 Å². The maximum Gasteiger partial charge on any atom is 0.410 e. The Kier molecular flexibility index (Phi) is 5.19. The van der Waals surface area contributed by atoms with Crippen molar-refractivity contribution < 1.29 is 31.4 Å². The summed E-state index contributed by atoms with van der Waals surface area (Å²) < 4.78 is 44.8. The molecule has 0 radical (unpaired) electrons. The van der Waals surface area contributed by atoms with E-state index in [0.29, 0.717) is 0 Å². The van der Waals surface area contributed by atoms with Gasteiger partial charge in [0.1, 0.15) is 17.9 Å². The molecule has 0 N–H and O–H groups in total. The Labute approximate surface area is 133 Å². The third-order valence-corrected chi connectivity index (χ3v) is 4.71. The van der Waals surface area contributed by atoms with E-state index >= 15 is 0 Å². The zero-order chi connectivity index (χ0) is 17.0. The lowest BCUT2D eigenvalue weighted by atomic mass is 10.2. The third-order valence-electron chi connectivity index (χ3n) is 3.57. The zero-order valence-corrected chi connectivity index (χ0v) is 13.2. The number of hydrogen-bond acceptors (Lipinski definition) is 6. The number of nitrogens with zero attached hydrogens (tertiary/aromatic N) is 1. The summed E-state index contributed by atoms with van der Waals surface area (Å²) in [5, 5.41) is -1.46. The van der Waals surface area contributed by atoms with Crippen LogP contribution in [0.25, 0.3) is 0 Å². The molecule has 2 unspecified atom stereocenters. The number of halogens is 1. The number of ether oxygens (including phenoxy) is 2. The molecule has 1 heterocycles. The summed E-state index contributed by atoms with van der Waals surface area (Å²) in [5.41, 5.74) is 0.726. The fourth-order valence-electron chi connectivity index (χ4n) is 2.36. The van der Waals surface area contributed by atoms with Gasteiger partial charge in [0.15, 0.2) is 0 Å². The molecule has 1 aromatic carbocycles. The number of carbonyl (C=O) groups excluding carboxylic acids is 2. The van der Waals surface area contributed by atoms with Crippen LogP contribution in [0.15, 0.2) is 30.3 Å². The Balaban J connectivity index is 2.07. The normalized spacial score (nSPS) is 21.0. The Hall–Kier alpha value is -2.16. The van der Waals surface area contributed by atoms with E-state index in [1.54, 1.807) is 30.3 Å². The third kappa shape index (κ3) is 4.19. The summed E-state index contributed by atoms with van der Waals surface area (Å²) >= 11 is 0. The van der Waals surface area contributed by atoms with Gasteiger partial charge in [-0.05, 0) is 12.0 Å². The molecule has 0 saturated carbocycles. The SMILES string of the molecule is COC(=O)C1CC(S(=O)(=O)F)CN1C(=O)OCc1ccccc1. The number of carbonyl (C=O) groups is 2. The quantitative estimate of drug-likeness (QED) is 0.602. The summed E-state index contributed by atoms with van der Waals surface area (Å²) in [6.45, 7) is -0.497. The Morgan fingerprint density at radius 2 is 1.96 bits per heavy atom. The molecule has 1 aromatic rings. The van der Waals surface area contributed by atoms with Crippen molar-refractivity contribution in [3.05, 3.63) is 35.9 Å². The summed E-state index contributed by atoms with van der Waals surface area (Å²) in [7, 11) is -3.76. The second-order valence-corrected chi connectivity index (χ2v) is 6.68. The van der Waals surface area contributed by atoms with Crippen molar-refractivity contribution in [3.63, 3.8) is 0 Å².